The highest BCUT2D eigenvalue weighted by molar-refractivity contribution is 14.0. The van der Waals surface area contributed by atoms with E-state index in [1.54, 1.807) is 0 Å². The summed E-state index contributed by atoms with van der Waals surface area (Å²) in [6.07, 6.45) is 4.92. The molecule has 0 radical (unpaired) electrons. The van der Waals surface area contributed by atoms with Gasteiger partial charge in [-0.05, 0) is 52.1 Å². The van der Waals surface area contributed by atoms with Crippen molar-refractivity contribution in [1.82, 2.24) is 15.5 Å². The van der Waals surface area contributed by atoms with Crippen LogP contribution in [0.3, 0.4) is 0 Å². The summed E-state index contributed by atoms with van der Waals surface area (Å²) in [5.41, 5.74) is -0.0251. The summed E-state index contributed by atoms with van der Waals surface area (Å²) in [6, 6.07) is 0. The number of guanidine groups is 1. The van der Waals surface area contributed by atoms with E-state index in [1.165, 1.54) is 32.4 Å². The quantitative estimate of drug-likeness (QED) is 0.421. The molecule has 2 unspecified atom stereocenters. The smallest absolute Gasteiger partial charge is 0.191 e. The van der Waals surface area contributed by atoms with E-state index < -0.39 is 0 Å². The van der Waals surface area contributed by atoms with E-state index in [1.807, 2.05) is 7.05 Å². The van der Waals surface area contributed by atoms with Gasteiger partial charge in [-0.1, -0.05) is 0 Å². The van der Waals surface area contributed by atoms with Crippen LogP contribution in [-0.2, 0) is 4.74 Å². The fraction of sp³-hybridized carbons (Fsp3) is 0.933. The minimum Gasteiger partial charge on any atom is -0.373 e. The average molecular weight is 410 g/mol. The standard InChI is InChI=1S/C15H30N4O.HI/c1-15(7-5-9-20-15)12-18-14(16-2)17-10-13-6-4-8-19(3)11-13;/h13H,4-12H2,1-3H3,(H2,16,17,18);1H. The summed E-state index contributed by atoms with van der Waals surface area (Å²) in [5, 5.41) is 6.86. The first kappa shape index (κ1) is 19.0. The zero-order chi connectivity index (χ0) is 14.4. The third-order valence-electron chi connectivity index (χ3n) is 4.43. The molecule has 2 atom stereocenters. The van der Waals surface area contributed by atoms with E-state index in [9.17, 15) is 0 Å². The predicted octanol–water partition coefficient (Wildman–Crippen LogP) is 1.68. The second-order valence-electron chi connectivity index (χ2n) is 6.48. The molecule has 0 bridgehead atoms. The van der Waals surface area contributed by atoms with E-state index in [0.29, 0.717) is 0 Å². The number of likely N-dealkylation sites (tertiary alicyclic amines) is 1. The monoisotopic (exact) mass is 410 g/mol. The first-order chi connectivity index (χ1) is 9.61. The van der Waals surface area contributed by atoms with Gasteiger partial charge < -0.3 is 20.3 Å². The zero-order valence-electron chi connectivity index (χ0n) is 13.7. The minimum absolute atomic E-state index is 0. The van der Waals surface area contributed by atoms with Crippen molar-refractivity contribution < 1.29 is 4.74 Å². The fourth-order valence-electron chi connectivity index (χ4n) is 3.15. The molecule has 124 valence electrons. The number of halogens is 1. The van der Waals surface area contributed by atoms with Gasteiger partial charge in [-0.3, -0.25) is 4.99 Å². The van der Waals surface area contributed by atoms with Crippen LogP contribution in [0.25, 0.3) is 0 Å². The SMILES string of the molecule is CN=C(NCC1CCCN(C)C1)NCC1(C)CCCO1.I. The molecule has 2 saturated heterocycles. The number of hydrogen-bond acceptors (Lipinski definition) is 3. The molecule has 0 aliphatic carbocycles. The maximum absolute atomic E-state index is 5.79. The topological polar surface area (TPSA) is 48.9 Å². The van der Waals surface area contributed by atoms with E-state index in [-0.39, 0.29) is 29.6 Å². The number of nitrogens with zero attached hydrogens (tertiary/aromatic N) is 2. The van der Waals surface area contributed by atoms with Crippen LogP contribution in [0.5, 0.6) is 0 Å². The van der Waals surface area contributed by atoms with E-state index in [0.717, 1.165) is 38.0 Å². The molecule has 0 aromatic rings. The molecule has 0 amide bonds. The molecule has 2 fully saturated rings. The largest absolute Gasteiger partial charge is 0.373 e. The summed E-state index contributed by atoms with van der Waals surface area (Å²) in [7, 11) is 4.04. The number of aliphatic imine (C=N–C) groups is 1. The van der Waals surface area contributed by atoms with Crippen molar-refractivity contribution in [3.05, 3.63) is 0 Å². The molecule has 0 aromatic carbocycles. The van der Waals surface area contributed by atoms with E-state index >= 15 is 0 Å². The molecule has 0 saturated carbocycles. The Labute approximate surface area is 146 Å². The summed E-state index contributed by atoms with van der Waals surface area (Å²) in [6.45, 7) is 7.32. The minimum atomic E-state index is -0.0251. The van der Waals surface area contributed by atoms with Crippen molar-refractivity contribution in [3.8, 4) is 0 Å². The van der Waals surface area contributed by atoms with Crippen molar-refractivity contribution in [2.75, 3.05) is 46.9 Å². The summed E-state index contributed by atoms with van der Waals surface area (Å²) in [4.78, 5) is 6.72. The van der Waals surface area contributed by atoms with Gasteiger partial charge in [-0.15, -0.1) is 24.0 Å². The number of rotatable bonds is 4. The maximum Gasteiger partial charge on any atom is 0.191 e. The first-order valence-corrected chi connectivity index (χ1v) is 7.88. The molecule has 2 rings (SSSR count). The number of hydrogen-bond donors (Lipinski definition) is 2. The Balaban J connectivity index is 0.00000220. The first-order valence-electron chi connectivity index (χ1n) is 7.88. The predicted molar refractivity (Wildman–Crippen MR) is 98.6 cm³/mol. The Bertz CT molecular complexity index is 332. The van der Waals surface area contributed by atoms with E-state index in [2.05, 4.69) is 34.5 Å². The summed E-state index contributed by atoms with van der Waals surface area (Å²) in [5.74, 6) is 1.63. The van der Waals surface area contributed by atoms with Gasteiger partial charge in [-0.25, -0.2) is 0 Å². The van der Waals surface area contributed by atoms with Crippen LogP contribution in [0.1, 0.15) is 32.6 Å². The number of ether oxygens (including phenoxy) is 1. The molecular weight excluding hydrogens is 379 g/mol. The number of nitrogens with one attached hydrogen (secondary N) is 2. The van der Waals surface area contributed by atoms with E-state index in [4.69, 9.17) is 4.74 Å². The third kappa shape index (κ3) is 6.28. The Hall–Kier alpha value is -0.0800. The molecule has 21 heavy (non-hydrogen) atoms. The van der Waals surface area contributed by atoms with Crippen LogP contribution >= 0.6 is 24.0 Å². The molecular formula is C15H31IN4O. The lowest BCUT2D eigenvalue weighted by Gasteiger charge is -2.30. The second-order valence-corrected chi connectivity index (χ2v) is 6.48. The van der Waals surface area contributed by atoms with Crippen LogP contribution in [0.4, 0.5) is 0 Å². The van der Waals surface area contributed by atoms with Gasteiger partial charge in [0.25, 0.3) is 0 Å². The van der Waals surface area contributed by atoms with Crippen LogP contribution in [0.2, 0.25) is 0 Å². The summed E-state index contributed by atoms with van der Waals surface area (Å²) < 4.78 is 5.79. The van der Waals surface area contributed by atoms with Crippen molar-refractivity contribution in [3.63, 3.8) is 0 Å². The van der Waals surface area contributed by atoms with Gasteiger partial charge in [0.2, 0.25) is 0 Å². The lowest BCUT2D eigenvalue weighted by Crippen LogP contribution is -2.47. The van der Waals surface area contributed by atoms with Crippen molar-refractivity contribution >= 4 is 29.9 Å². The van der Waals surface area contributed by atoms with Crippen LogP contribution < -0.4 is 10.6 Å². The van der Waals surface area contributed by atoms with Crippen LogP contribution in [0, 0.1) is 5.92 Å². The zero-order valence-corrected chi connectivity index (χ0v) is 16.0. The Kier molecular flexibility index (Phi) is 8.26. The molecule has 6 heteroatoms. The van der Waals surface area contributed by atoms with Gasteiger partial charge in [-0.2, -0.15) is 0 Å². The average Bonchev–Trinajstić information content (AvgIpc) is 2.86. The lowest BCUT2D eigenvalue weighted by atomic mass is 9.98. The third-order valence-corrected chi connectivity index (χ3v) is 4.43. The molecule has 2 aliphatic heterocycles. The molecule has 0 aromatic heterocycles. The fourth-order valence-corrected chi connectivity index (χ4v) is 3.15. The second kappa shape index (κ2) is 9.15. The Morgan fingerprint density at radius 2 is 2.19 bits per heavy atom. The number of piperidine rings is 1. The molecule has 2 N–H and O–H groups in total. The molecule has 0 spiro atoms. The highest BCUT2D eigenvalue weighted by Crippen LogP contribution is 2.23. The molecule has 2 aliphatic rings. The molecule has 5 nitrogen and oxygen atoms in total. The van der Waals surface area contributed by atoms with Crippen LogP contribution in [0.15, 0.2) is 4.99 Å². The lowest BCUT2D eigenvalue weighted by molar-refractivity contribution is 0.0242. The normalized spacial score (nSPS) is 30.8. The highest BCUT2D eigenvalue weighted by atomic mass is 127. The van der Waals surface area contributed by atoms with Gasteiger partial charge in [0.1, 0.15) is 0 Å². The van der Waals surface area contributed by atoms with Crippen molar-refractivity contribution in [2.24, 2.45) is 10.9 Å². The highest BCUT2D eigenvalue weighted by Gasteiger charge is 2.29. The van der Waals surface area contributed by atoms with Gasteiger partial charge in [0.15, 0.2) is 5.96 Å². The molecule has 2 heterocycles. The van der Waals surface area contributed by atoms with Gasteiger partial charge in [0, 0.05) is 33.3 Å². The Morgan fingerprint density at radius 3 is 2.81 bits per heavy atom. The van der Waals surface area contributed by atoms with Crippen molar-refractivity contribution in [1.29, 1.82) is 0 Å². The van der Waals surface area contributed by atoms with Gasteiger partial charge >= 0.3 is 0 Å². The Morgan fingerprint density at radius 1 is 1.38 bits per heavy atom. The maximum atomic E-state index is 5.79. The van der Waals surface area contributed by atoms with Crippen molar-refractivity contribution in [2.45, 2.75) is 38.2 Å². The summed E-state index contributed by atoms with van der Waals surface area (Å²) >= 11 is 0. The van der Waals surface area contributed by atoms with Gasteiger partial charge in [0.05, 0.1) is 5.60 Å². The van der Waals surface area contributed by atoms with Crippen LogP contribution in [-0.4, -0.2) is 63.3 Å².